The van der Waals surface area contributed by atoms with Gasteiger partial charge < -0.3 is 10.1 Å². The molecule has 3 rings (SSSR count). The van der Waals surface area contributed by atoms with Crippen molar-refractivity contribution in [1.29, 1.82) is 0 Å². The molecule has 1 N–H and O–H groups in total. The van der Waals surface area contributed by atoms with Crippen molar-refractivity contribution in [2.75, 3.05) is 14.1 Å². The summed E-state index contributed by atoms with van der Waals surface area (Å²) in [6, 6.07) is 9.41. The highest BCUT2D eigenvalue weighted by Crippen LogP contribution is 2.34. The normalized spacial score (nSPS) is 28.0. The maximum Gasteiger partial charge on any atom is 0.214 e. The van der Waals surface area contributed by atoms with Crippen molar-refractivity contribution in [3.8, 4) is 0 Å². The molecule has 1 heterocycles. The number of nitrogens with zero attached hydrogens (tertiary/aromatic N) is 2. The fourth-order valence-electron chi connectivity index (χ4n) is 3.56. The lowest BCUT2D eigenvalue weighted by Gasteiger charge is -2.27. The van der Waals surface area contributed by atoms with Crippen LogP contribution in [0.5, 0.6) is 0 Å². The molecular formula is C19H29N3O. The molecule has 1 unspecified atom stereocenters. The lowest BCUT2D eigenvalue weighted by molar-refractivity contribution is 0.0717. The van der Waals surface area contributed by atoms with Crippen molar-refractivity contribution in [1.82, 2.24) is 10.3 Å². The molecule has 0 radical (unpaired) electrons. The second-order valence-corrected chi connectivity index (χ2v) is 7.14. The monoisotopic (exact) mass is 315 g/mol. The highest BCUT2D eigenvalue weighted by Gasteiger charge is 2.33. The van der Waals surface area contributed by atoms with E-state index in [-0.39, 0.29) is 6.23 Å². The van der Waals surface area contributed by atoms with Gasteiger partial charge in [-0.25, -0.2) is 0 Å². The van der Waals surface area contributed by atoms with Crippen LogP contribution in [0.4, 0.5) is 0 Å². The van der Waals surface area contributed by atoms with Crippen molar-refractivity contribution in [3.63, 3.8) is 0 Å². The molecule has 1 aliphatic carbocycles. The van der Waals surface area contributed by atoms with Gasteiger partial charge in [0.1, 0.15) is 0 Å². The number of ether oxygens (including phenoxy) is 1. The summed E-state index contributed by atoms with van der Waals surface area (Å²) in [5.41, 5.74) is 2.54. The molecule has 0 amide bonds. The zero-order valence-electron chi connectivity index (χ0n) is 14.7. The van der Waals surface area contributed by atoms with Crippen molar-refractivity contribution in [2.45, 2.75) is 57.7 Å². The topological polar surface area (TPSA) is 36.9 Å². The third-order valence-corrected chi connectivity index (χ3v) is 5.20. The van der Waals surface area contributed by atoms with E-state index in [0.29, 0.717) is 17.9 Å². The van der Waals surface area contributed by atoms with Gasteiger partial charge in [0.2, 0.25) is 12.1 Å². The summed E-state index contributed by atoms with van der Waals surface area (Å²) in [4.78, 5) is 0. The Morgan fingerprint density at radius 3 is 2.35 bits per heavy atom. The Balaban J connectivity index is 1.64. The first-order valence-corrected chi connectivity index (χ1v) is 8.83. The molecule has 1 aliphatic heterocycles. The van der Waals surface area contributed by atoms with Crippen LogP contribution in [0.2, 0.25) is 0 Å². The minimum atomic E-state index is -0.0757. The molecule has 1 atom stereocenters. The van der Waals surface area contributed by atoms with Crippen LogP contribution in [0.15, 0.2) is 29.4 Å². The molecule has 0 saturated heterocycles. The van der Waals surface area contributed by atoms with E-state index < -0.39 is 0 Å². The van der Waals surface area contributed by atoms with Gasteiger partial charge in [-0.3, -0.25) is 5.01 Å². The highest BCUT2D eigenvalue weighted by atomic mass is 16.5. The molecule has 126 valence electrons. The highest BCUT2D eigenvalue weighted by molar-refractivity contribution is 5.80. The summed E-state index contributed by atoms with van der Waals surface area (Å²) in [6.07, 6.45) is 4.67. The van der Waals surface area contributed by atoms with Crippen LogP contribution in [-0.4, -0.2) is 31.0 Å². The predicted molar refractivity (Wildman–Crippen MR) is 94.4 cm³/mol. The molecule has 4 nitrogen and oxygen atoms in total. The second kappa shape index (κ2) is 6.91. The zero-order chi connectivity index (χ0) is 16.4. The third-order valence-electron chi connectivity index (χ3n) is 5.20. The van der Waals surface area contributed by atoms with Crippen LogP contribution in [0.3, 0.4) is 0 Å². The largest absolute Gasteiger partial charge is 0.450 e. The number of rotatable bonds is 4. The van der Waals surface area contributed by atoms with Crippen molar-refractivity contribution in [3.05, 3.63) is 35.4 Å². The van der Waals surface area contributed by atoms with Crippen molar-refractivity contribution in [2.24, 2.45) is 11.0 Å². The Labute approximate surface area is 139 Å². The van der Waals surface area contributed by atoms with Gasteiger partial charge >= 0.3 is 0 Å². The smallest absolute Gasteiger partial charge is 0.214 e. The van der Waals surface area contributed by atoms with E-state index in [1.165, 1.54) is 24.0 Å². The van der Waals surface area contributed by atoms with Gasteiger partial charge in [-0.15, -0.1) is 5.10 Å². The number of hydrazone groups is 1. The summed E-state index contributed by atoms with van der Waals surface area (Å²) in [5.74, 6) is 1.96. The average Bonchev–Trinajstić information content (AvgIpc) is 2.97. The SMILES string of the molecule is CN[C@H]1CC[C@H](C2=NN(C)C(c3ccc(C(C)C)cc3)O2)CC1. The minimum absolute atomic E-state index is 0.0757. The van der Waals surface area contributed by atoms with E-state index in [9.17, 15) is 0 Å². The molecule has 1 aromatic rings. The Morgan fingerprint density at radius 1 is 1.13 bits per heavy atom. The summed E-state index contributed by atoms with van der Waals surface area (Å²) in [7, 11) is 4.06. The molecule has 23 heavy (non-hydrogen) atoms. The van der Waals surface area contributed by atoms with Gasteiger partial charge in [0, 0.05) is 24.6 Å². The number of nitrogens with one attached hydrogen (secondary N) is 1. The number of benzene rings is 1. The van der Waals surface area contributed by atoms with Crippen molar-refractivity contribution < 1.29 is 4.74 Å². The van der Waals surface area contributed by atoms with Gasteiger partial charge in [0.05, 0.1) is 0 Å². The molecule has 1 aromatic carbocycles. The van der Waals surface area contributed by atoms with E-state index in [4.69, 9.17) is 4.74 Å². The van der Waals surface area contributed by atoms with Crippen LogP contribution < -0.4 is 5.32 Å². The van der Waals surface area contributed by atoms with E-state index in [1.807, 2.05) is 12.1 Å². The average molecular weight is 315 g/mol. The standard InChI is InChI=1S/C19H29N3O/c1-13(2)14-5-7-16(8-6-14)19-22(4)21-18(23-19)15-9-11-17(20-3)12-10-15/h5-8,13,15,17,19-20H,9-12H2,1-4H3/t15-,17-,19?. The minimum Gasteiger partial charge on any atom is -0.450 e. The van der Waals surface area contributed by atoms with E-state index in [0.717, 1.165) is 18.7 Å². The van der Waals surface area contributed by atoms with E-state index in [2.05, 4.69) is 55.6 Å². The molecule has 0 spiro atoms. The maximum absolute atomic E-state index is 6.22. The Bertz CT molecular complexity index is 544. The van der Waals surface area contributed by atoms with Crippen LogP contribution in [0.25, 0.3) is 0 Å². The Morgan fingerprint density at radius 2 is 1.78 bits per heavy atom. The molecule has 0 bridgehead atoms. The molecule has 1 saturated carbocycles. The molecule has 2 aliphatic rings. The second-order valence-electron chi connectivity index (χ2n) is 7.14. The summed E-state index contributed by atoms with van der Waals surface area (Å²) < 4.78 is 6.22. The maximum atomic E-state index is 6.22. The van der Waals surface area contributed by atoms with E-state index >= 15 is 0 Å². The van der Waals surface area contributed by atoms with Crippen LogP contribution in [0.1, 0.15) is 62.8 Å². The summed E-state index contributed by atoms with van der Waals surface area (Å²) in [5, 5.41) is 10.0. The molecular weight excluding hydrogens is 286 g/mol. The number of hydrogen-bond acceptors (Lipinski definition) is 4. The fourth-order valence-corrected chi connectivity index (χ4v) is 3.56. The summed E-state index contributed by atoms with van der Waals surface area (Å²) in [6.45, 7) is 4.44. The first-order valence-electron chi connectivity index (χ1n) is 8.83. The van der Waals surface area contributed by atoms with Gasteiger partial charge in [0.25, 0.3) is 0 Å². The lowest BCUT2D eigenvalue weighted by atomic mass is 9.86. The van der Waals surface area contributed by atoms with Crippen LogP contribution in [0, 0.1) is 5.92 Å². The summed E-state index contributed by atoms with van der Waals surface area (Å²) >= 11 is 0. The van der Waals surface area contributed by atoms with Crippen molar-refractivity contribution >= 4 is 5.90 Å². The Kier molecular flexibility index (Phi) is 4.90. The molecule has 1 fully saturated rings. The molecule has 4 heteroatoms. The van der Waals surface area contributed by atoms with Gasteiger partial charge in [-0.05, 0) is 44.2 Å². The number of hydrogen-bond donors (Lipinski definition) is 1. The predicted octanol–water partition coefficient (Wildman–Crippen LogP) is 3.86. The quantitative estimate of drug-likeness (QED) is 0.916. The zero-order valence-corrected chi connectivity index (χ0v) is 14.7. The molecule has 0 aromatic heterocycles. The Hall–Kier alpha value is -1.55. The van der Waals surface area contributed by atoms with Gasteiger partial charge in [0.15, 0.2) is 0 Å². The lowest BCUT2D eigenvalue weighted by Crippen LogP contribution is -2.32. The fraction of sp³-hybridized carbons (Fsp3) is 0.632. The van der Waals surface area contributed by atoms with Gasteiger partial charge in [-0.2, -0.15) is 0 Å². The first kappa shape index (κ1) is 16.3. The van der Waals surface area contributed by atoms with E-state index in [1.54, 1.807) is 0 Å². The first-order chi connectivity index (χ1) is 11.1. The van der Waals surface area contributed by atoms with Gasteiger partial charge in [-0.1, -0.05) is 38.1 Å². The third kappa shape index (κ3) is 3.52. The van der Waals surface area contributed by atoms with Crippen LogP contribution in [-0.2, 0) is 4.74 Å². The van der Waals surface area contributed by atoms with Crippen LogP contribution >= 0.6 is 0 Å².